The predicted molar refractivity (Wildman–Crippen MR) is 151 cm³/mol. The average molecular weight is 613 g/mol. The Bertz CT molecular complexity index is 1470. The molecule has 0 saturated heterocycles. The van der Waals surface area contributed by atoms with E-state index in [0.29, 0.717) is 11.4 Å². The number of sulfone groups is 1. The maximum Gasteiger partial charge on any atom is 0.408 e. The van der Waals surface area contributed by atoms with E-state index in [1.54, 1.807) is 50.4 Å². The Morgan fingerprint density at radius 2 is 1.71 bits per heavy atom. The van der Waals surface area contributed by atoms with Crippen molar-refractivity contribution in [1.82, 2.24) is 15.3 Å². The number of aromatic nitrogens is 2. The van der Waals surface area contributed by atoms with E-state index in [9.17, 15) is 26.8 Å². The highest BCUT2D eigenvalue weighted by atomic mass is 32.2. The van der Waals surface area contributed by atoms with Gasteiger partial charge in [0.25, 0.3) is 0 Å². The summed E-state index contributed by atoms with van der Waals surface area (Å²) in [5, 5.41) is 11.5. The number of alkyl halides is 2. The fourth-order valence-corrected chi connectivity index (χ4v) is 5.80. The van der Waals surface area contributed by atoms with Crippen molar-refractivity contribution in [3.05, 3.63) is 41.9 Å². The number of alkyl carbamates (subject to hydrolysis) is 1. The van der Waals surface area contributed by atoms with E-state index in [-0.39, 0.29) is 34.0 Å². The number of nitrogens with zero attached hydrogens (tertiary/aromatic N) is 2. The molecule has 3 rings (SSSR count). The monoisotopic (exact) mass is 612 g/mol. The lowest BCUT2D eigenvalue weighted by molar-refractivity contribution is -0.115. The standard InChI is InChI=1S/C25H30F2N6O6S2/c1-14(2)41(36,37)21-17(10-11-40-21)32-20-18(38-22(26)27)12-28-23(33-20)31-16-8-6-15(7-9-16)30-19(34)13-29-24(35)39-25(3,4)5/h6-12,14,22H,13H2,1-5H3,(H,29,35)(H,30,34)(H2,28,31,32,33). The summed E-state index contributed by atoms with van der Waals surface area (Å²) in [5.74, 6) is -1.04. The first-order valence-electron chi connectivity index (χ1n) is 12.2. The molecule has 222 valence electrons. The van der Waals surface area contributed by atoms with E-state index >= 15 is 0 Å². The van der Waals surface area contributed by atoms with Crippen molar-refractivity contribution < 1.29 is 36.3 Å². The maximum atomic E-state index is 13.0. The second-order valence-electron chi connectivity index (χ2n) is 9.73. The molecule has 0 fully saturated rings. The number of amides is 2. The number of rotatable bonds is 11. The molecule has 16 heteroatoms. The van der Waals surface area contributed by atoms with Crippen LogP contribution in [0.15, 0.2) is 46.1 Å². The minimum Gasteiger partial charge on any atom is -0.444 e. The normalized spacial score (nSPS) is 11.7. The maximum absolute atomic E-state index is 13.0. The highest BCUT2D eigenvalue weighted by molar-refractivity contribution is 7.94. The van der Waals surface area contributed by atoms with Gasteiger partial charge >= 0.3 is 12.7 Å². The third-order valence-electron chi connectivity index (χ3n) is 4.95. The van der Waals surface area contributed by atoms with Crippen LogP contribution in [0.1, 0.15) is 34.6 Å². The van der Waals surface area contributed by atoms with E-state index < -0.39 is 39.3 Å². The number of carbonyl (C=O) groups excluding carboxylic acids is 2. The molecule has 0 aliphatic carbocycles. The van der Waals surface area contributed by atoms with Gasteiger partial charge in [-0.1, -0.05) is 0 Å². The Labute approximate surface area is 239 Å². The van der Waals surface area contributed by atoms with Gasteiger partial charge in [-0.05, 0) is 70.3 Å². The van der Waals surface area contributed by atoms with Gasteiger partial charge in [-0.3, -0.25) is 4.79 Å². The van der Waals surface area contributed by atoms with E-state index in [2.05, 4.69) is 36.0 Å². The second-order valence-corrected chi connectivity index (χ2v) is 13.3. The van der Waals surface area contributed by atoms with Crippen LogP contribution in [-0.4, -0.2) is 54.4 Å². The lowest BCUT2D eigenvalue weighted by atomic mass is 10.2. The molecule has 0 bridgehead atoms. The molecule has 0 radical (unpaired) electrons. The zero-order chi connectivity index (χ0) is 30.4. The number of thiophene rings is 1. The Hall–Kier alpha value is -4.05. The molecule has 4 N–H and O–H groups in total. The molecule has 2 aromatic heterocycles. The van der Waals surface area contributed by atoms with Crippen molar-refractivity contribution in [3.63, 3.8) is 0 Å². The molecule has 0 atom stereocenters. The third kappa shape index (κ3) is 9.24. The number of carbonyl (C=O) groups is 2. The van der Waals surface area contributed by atoms with Crippen molar-refractivity contribution in [3.8, 4) is 5.75 Å². The van der Waals surface area contributed by atoms with Crippen molar-refractivity contribution in [2.45, 2.75) is 56.3 Å². The first kappa shape index (κ1) is 31.5. The minimum atomic E-state index is -3.66. The highest BCUT2D eigenvalue weighted by Crippen LogP contribution is 2.35. The molecule has 2 heterocycles. The molecule has 2 amide bonds. The molecular weight excluding hydrogens is 582 g/mol. The molecule has 0 unspecified atom stereocenters. The quantitative estimate of drug-likeness (QED) is 0.224. The third-order valence-corrected chi connectivity index (χ3v) is 8.62. The molecule has 0 saturated carbocycles. The smallest absolute Gasteiger partial charge is 0.408 e. The van der Waals surface area contributed by atoms with E-state index in [1.807, 2.05) is 0 Å². The van der Waals surface area contributed by atoms with Gasteiger partial charge in [0.15, 0.2) is 21.4 Å². The highest BCUT2D eigenvalue weighted by Gasteiger charge is 2.25. The van der Waals surface area contributed by atoms with Crippen LogP contribution in [0.4, 0.5) is 42.4 Å². The molecule has 0 aliphatic heterocycles. The summed E-state index contributed by atoms with van der Waals surface area (Å²) in [6.07, 6.45) is 0.307. The van der Waals surface area contributed by atoms with Crippen molar-refractivity contribution >= 4 is 62.0 Å². The van der Waals surface area contributed by atoms with Crippen LogP contribution < -0.4 is 26.0 Å². The van der Waals surface area contributed by atoms with Gasteiger partial charge in [0, 0.05) is 11.4 Å². The number of benzene rings is 1. The van der Waals surface area contributed by atoms with Crippen LogP contribution in [0.5, 0.6) is 5.75 Å². The Morgan fingerprint density at radius 1 is 1.05 bits per heavy atom. The van der Waals surface area contributed by atoms with Gasteiger partial charge in [0.2, 0.25) is 11.9 Å². The zero-order valence-corrected chi connectivity index (χ0v) is 24.5. The van der Waals surface area contributed by atoms with E-state index in [0.717, 1.165) is 17.5 Å². The van der Waals surface area contributed by atoms with Crippen molar-refractivity contribution in [1.29, 1.82) is 0 Å². The largest absolute Gasteiger partial charge is 0.444 e. The average Bonchev–Trinajstić information content (AvgIpc) is 3.33. The first-order chi connectivity index (χ1) is 19.1. The predicted octanol–water partition coefficient (Wildman–Crippen LogP) is 5.27. The van der Waals surface area contributed by atoms with Gasteiger partial charge in [0.1, 0.15) is 16.4 Å². The van der Waals surface area contributed by atoms with Gasteiger partial charge in [-0.25, -0.2) is 18.2 Å². The SMILES string of the molecule is CC(C)S(=O)(=O)c1sccc1Nc1nc(Nc2ccc(NC(=O)CNC(=O)OC(C)(C)C)cc2)ncc1OC(F)F. The summed E-state index contributed by atoms with van der Waals surface area (Å²) in [4.78, 5) is 32.0. The fraction of sp³-hybridized carbons (Fsp3) is 0.360. The number of hydrogen-bond donors (Lipinski definition) is 4. The lowest BCUT2D eigenvalue weighted by Crippen LogP contribution is -2.37. The van der Waals surface area contributed by atoms with Crippen LogP contribution in [0.3, 0.4) is 0 Å². The number of halogens is 2. The summed E-state index contributed by atoms with van der Waals surface area (Å²) in [6.45, 7) is 4.73. The van der Waals surface area contributed by atoms with Gasteiger partial charge in [0.05, 0.1) is 17.1 Å². The number of anilines is 5. The molecule has 41 heavy (non-hydrogen) atoms. The first-order valence-corrected chi connectivity index (χ1v) is 14.6. The molecular formula is C25H30F2N6O6S2. The van der Waals surface area contributed by atoms with Crippen molar-refractivity contribution in [2.75, 3.05) is 22.5 Å². The van der Waals surface area contributed by atoms with Gasteiger partial charge in [-0.15, -0.1) is 11.3 Å². The van der Waals surface area contributed by atoms with Crippen LogP contribution in [0, 0.1) is 0 Å². The fourth-order valence-electron chi connectivity index (χ4n) is 3.09. The van der Waals surface area contributed by atoms with Crippen LogP contribution in [-0.2, 0) is 19.4 Å². The van der Waals surface area contributed by atoms with Crippen LogP contribution >= 0.6 is 11.3 Å². The summed E-state index contributed by atoms with van der Waals surface area (Å²) in [7, 11) is -3.66. The van der Waals surface area contributed by atoms with Crippen molar-refractivity contribution in [2.24, 2.45) is 0 Å². The topological polar surface area (TPSA) is 161 Å². The van der Waals surface area contributed by atoms with Crippen LogP contribution in [0.25, 0.3) is 0 Å². The molecule has 12 nitrogen and oxygen atoms in total. The Morgan fingerprint density at radius 3 is 2.32 bits per heavy atom. The molecule has 0 spiro atoms. The summed E-state index contributed by atoms with van der Waals surface area (Å²) in [5.41, 5.74) is 0.393. The van der Waals surface area contributed by atoms with Crippen LogP contribution in [0.2, 0.25) is 0 Å². The number of nitrogens with one attached hydrogen (secondary N) is 4. The summed E-state index contributed by atoms with van der Waals surface area (Å²) < 4.78 is 61.1. The van der Waals surface area contributed by atoms with Gasteiger partial charge < -0.3 is 30.7 Å². The zero-order valence-electron chi connectivity index (χ0n) is 22.8. The summed E-state index contributed by atoms with van der Waals surface area (Å²) >= 11 is 0.987. The Kier molecular flexibility index (Phi) is 10.0. The molecule has 3 aromatic rings. The minimum absolute atomic E-state index is 0.00374. The van der Waals surface area contributed by atoms with E-state index in [1.165, 1.54) is 19.9 Å². The number of hydrogen-bond acceptors (Lipinski definition) is 11. The molecule has 0 aliphatic rings. The second kappa shape index (κ2) is 13.1. The summed E-state index contributed by atoms with van der Waals surface area (Å²) in [6, 6.07) is 7.86. The Balaban J connectivity index is 1.71. The van der Waals surface area contributed by atoms with Gasteiger partial charge in [-0.2, -0.15) is 13.8 Å². The molecule has 1 aromatic carbocycles. The van der Waals surface area contributed by atoms with E-state index in [4.69, 9.17) is 4.74 Å². The lowest BCUT2D eigenvalue weighted by Gasteiger charge is -2.19. The number of ether oxygens (including phenoxy) is 2.